The Morgan fingerprint density at radius 2 is 1.72 bits per heavy atom. The molecule has 3 rings (SSSR count). The van der Waals surface area contributed by atoms with Gasteiger partial charge in [0.1, 0.15) is 5.75 Å². The van der Waals surface area contributed by atoms with Crippen molar-refractivity contribution < 1.29 is 23.8 Å². The molecule has 0 spiro atoms. The highest BCUT2D eigenvalue weighted by atomic mass is 16.5. The largest absolute Gasteiger partial charge is 0.497 e. The van der Waals surface area contributed by atoms with E-state index in [-0.39, 0.29) is 17.6 Å². The molecule has 2 aromatic carbocycles. The number of methoxy groups -OCH3 is 2. The van der Waals surface area contributed by atoms with E-state index in [1.807, 2.05) is 25.1 Å². The van der Waals surface area contributed by atoms with Gasteiger partial charge in [-0.25, -0.2) is 0 Å². The molecule has 0 aliphatic carbocycles. The fourth-order valence-corrected chi connectivity index (χ4v) is 3.75. The Balaban J connectivity index is 1.54. The van der Waals surface area contributed by atoms with Crippen LogP contribution in [0.5, 0.6) is 17.2 Å². The van der Waals surface area contributed by atoms with Crippen LogP contribution in [0.2, 0.25) is 0 Å². The highest BCUT2D eigenvalue weighted by Gasteiger charge is 2.27. The molecular formula is C26H31NO5. The Labute approximate surface area is 189 Å². The number of carbonyl (C=O) groups is 2. The zero-order valence-electron chi connectivity index (χ0n) is 19.0. The number of piperidine rings is 1. The third-order valence-electron chi connectivity index (χ3n) is 5.62. The molecule has 0 radical (unpaired) electrons. The summed E-state index contributed by atoms with van der Waals surface area (Å²) in [4.78, 5) is 27.2. The standard InChI is InChI=1S/C26H31NO5/c1-4-17-32-23-11-5-19(18-24(23)31-3)6-12-25(28)27-15-13-21(14-16-27)26(29)20-7-9-22(30-2)10-8-20/h5-12,18,21H,4,13-17H2,1-3H3/b12-6+. The molecule has 0 saturated carbocycles. The second-order valence-corrected chi connectivity index (χ2v) is 7.78. The molecule has 2 aromatic rings. The first-order valence-corrected chi connectivity index (χ1v) is 11.0. The van der Waals surface area contributed by atoms with Crippen LogP contribution in [0.15, 0.2) is 48.5 Å². The summed E-state index contributed by atoms with van der Waals surface area (Å²) in [6, 6.07) is 12.8. The van der Waals surface area contributed by atoms with Crippen LogP contribution in [0.3, 0.4) is 0 Å². The summed E-state index contributed by atoms with van der Waals surface area (Å²) in [7, 11) is 3.20. The summed E-state index contributed by atoms with van der Waals surface area (Å²) in [6.45, 7) is 3.82. The van der Waals surface area contributed by atoms with E-state index in [0.29, 0.717) is 49.6 Å². The van der Waals surface area contributed by atoms with Crippen molar-refractivity contribution in [2.75, 3.05) is 33.9 Å². The van der Waals surface area contributed by atoms with Crippen molar-refractivity contribution in [3.05, 3.63) is 59.7 Å². The first kappa shape index (κ1) is 23.4. The van der Waals surface area contributed by atoms with Gasteiger partial charge in [0, 0.05) is 30.6 Å². The Kier molecular flexibility index (Phi) is 8.31. The van der Waals surface area contributed by atoms with Crippen LogP contribution in [0.1, 0.15) is 42.1 Å². The third kappa shape index (κ3) is 5.90. The minimum absolute atomic E-state index is 0.0503. The third-order valence-corrected chi connectivity index (χ3v) is 5.62. The van der Waals surface area contributed by atoms with Gasteiger partial charge in [0.15, 0.2) is 17.3 Å². The van der Waals surface area contributed by atoms with Gasteiger partial charge in [-0.2, -0.15) is 0 Å². The van der Waals surface area contributed by atoms with Gasteiger partial charge in [-0.15, -0.1) is 0 Å². The van der Waals surface area contributed by atoms with Gasteiger partial charge in [0.05, 0.1) is 20.8 Å². The van der Waals surface area contributed by atoms with Crippen LogP contribution in [-0.4, -0.2) is 50.5 Å². The predicted octanol–water partition coefficient (Wildman–Crippen LogP) is 4.63. The number of ketones is 1. The molecular weight excluding hydrogens is 406 g/mol. The summed E-state index contributed by atoms with van der Waals surface area (Å²) >= 11 is 0. The molecule has 0 unspecified atom stereocenters. The van der Waals surface area contributed by atoms with Gasteiger partial charge < -0.3 is 19.1 Å². The Hall–Kier alpha value is -3.28. The lowest BCUT2D eigenvalue weighted by Crippen LogP contribution is -2.39. The number of ether oxygens (including phenoxy) is 3. The minimum Gasteiger partial charge on any atom is -0.497 e. The molecule has 0 bridgehead atoms. The summed E-state index contributed by atoms with van der Waals surface area (Å²) in [5.74, 6) is 2.09. The van der Waals surface area contributed by atoms with E-state index < -0.39 is 0 Å². The number of rotatable bonds is 9. The molecule has 1 amide bonds. The number of hydrogen-bond donors (Lipinski definition) is 0. The zero-order chi connectivity index (χ0) is 22.9. The van der Waals surface area contributed by atoms with Crippen molar-refractivity contribution in [2.45, 2.75) is 26.2 Å². The van der Waals surface area contributed by atoms with Crippen LogP contribution < -0.4 is 14.2 Å². The molecule has 6 nitrogen and oxygen atoms in total. The summed E-state index contributed by atoms with van der Waals surface area (Å²) < 4.78 is 16.2. The fourth-order valence-electron chi connectivity index (χ4n) is 3.75. The van der Waals surface area contributed by atoms with Crippen molar-refractivity contribution in [2.24, 2.45) is 5.92 Å². The first-order chi connectivity index (χ1) is 15.5. The van der Waals surface area contributed by atoms with Crippen LogP contribution in [0.25, 0.3) is 6.08 Å². The average molecular weight is 438 g/mol. The number of Topliss-reactive ketones (excluding diaryl/α,β-unsaturated/α-hetero) is 1. The number of likely N-dealkylation sites (tertiary alicyclic amines) is 1. The van der Waals surface area contributed by atoms with Gasteiger partial charge in [0.2, 0.25) is 5.91 Å². The smallest absolute Gasteiger partial charge is 0.246 e. The van der Waals surface area contributed by atoms with Crippen LogP contribution >= 0.6 is 0 Å². The number of amides is 1. The topological polar surface area (TPSA) is 65.1 Å². The van der Waals surface area contributed by atoms with Gasteiger partial charge >= 0.3 is 0 Å². The summed E-state index contributed by atoms with van der Waals surface area (Å²) in [5, 5.41) is 0. The average Bonchev–Trinajstić information content (AvgIpc) is 2.85. The highest BCUT2D eigenvalue weighted by Crippen LogP contribution is 2.29. The van der Waals surface area contributed by atoms with E-state index in [9.17, 15) is 9.59 Å². The Bertz CT molecular complexity index is 943. The second-order valence-electron chi connectivity index (χ2n) is 7.78. The van der Waals surface area contributed by atoms with Crippen LogP contribution in [0.4, 0.5) is 0 Å². The molecule has 0 atom stereocenters. The van der Waals surface area contributed by atoms with E-state index in [0.717, 1.165) is 17.7 Å². The maximum absolute atomic E-state index is 12.8. The zero-order valence-corrected chi connectivity index (χ0v) is 19.0. The maximum atomic E-state index is 12.8. The van der Waals surface area contributed by atoms with E-state index in [1.165, 1.54) is 0 Å². The van der Waals surface area contributed by atoms with Gasteiger partial charge in [-0.3, -0.25) is 9.59 Å². The lowest BCUT2D eigenvalue weighted by Gasteiger charge is -2.30. The quantitative estimate of drug-likeness (QED) is 0.423. The van der Waals surface area contributed by atoms with Crippen molar-refractivity contribution in [1.82, 2.24) is 4.90 Å². The summed E-state index contributed by atoms with van der Waals surface area (Å²) in [5.41, 5.74) is 1.56. The van der Waals surface area contributed by atoms with Gasteiger partial charge in [0.25, 0.3) is 0 Å². The molecule has 1 fully saturated rings. The molecule has 1 aliphatic rings. The van der Waals surface area contributed by atoms with Crippen molar-refractivity contribution in [1.29, 1.82) is 0 Å². The number of benzene rings is 2. The second kappa shape index (κ2) is 11.4. The minimum atomic E-state index is -0.0589. The molecule has 0 N–H and O–H groups in total. The SMILES string of the molecule is CCCOc1ccc(/C=C/C(=O)N2CCC(C(=O)c3ccc(OC)cc3)CC2)cc1OC. The molecule has 170 valence electrons. The molecule has 0 aromatic heterocycles. The Morgan fingerprint density at radius 1 is 1.00 bits per heavy atom. The van der Waals surface area contributed by atoms with Crippen molar-refractivity contribution in [3.63, 3.8) is 0 Å². The number of carbonyl (C=O) groups excluding carboxylic acids is 2. The normalized spacial score (nSPS) is 14.4. The Morgan fingerprint density at radius 3 is 2.34 bits per heavy atom. The fraction of sp³-hybridized carbons (Fsp3) is 0.385. The highest BCUT2D eigenvalue weighted by molar-refractivity contribution is 5.98. The summed E-state index contributed by atoms with van der Waals surface area (Å²) in [6.07, 6.45) is 5.61. The lowest BCUT2D eigenvalue weighted by molar-refractivity contribution is -0.127. The first-order valence-electron chi connectivity index (χ1n) is 11.0. The van der Waals surface area contributed by atoms with E-state index in [2.05, 4.69) is 0 Å². The predicted molar refractivity (Wildman–Crippen MR) is 124 cm³/mol. The maximum Gasteiger partial charge on any atom is 0.246 e. The number of hydrogen-bond acceptors (Lipinski definition) is 5. The van der Waals surface area contributed by atoms with Gasteiger partial charge in [-0.05, 0) is 67.3 Å². The molecule has 1 aliphatic heterocycles. The van der Waals surface area contributed by atoms with Gasteiger partial charge in [-0.1, -0.05) is 13.0 Å². The number of nitrogens with zero attached hydrogens (tertiary/aromatic N) is 1. The van der Waals surface area contributed by atoms with E-state index in [1.54, 1.807) is 55.5 Å². The van der Waals surface area contributed by atoms with Crippen LogP contribution in [0, 0.1) is 5.92 Å². The monoisotopic (exact) mass is 437 g/mol. The van der Waals surface area contributed by atoms with E-state index >= 15 is 0 Å². The van der Waals surface area contributed by atoms with Crippen molar-refractivity contribution >= 4 is 17.8 Å². The molecule has 1 heterocycles. The molecule has 32 heavy (non-hydrogen) atoms. The van der Waals surface area contributed by atoms with Crippen LogP contribution in [-0.2, 0) is 4.79 Å². The van der Waals surface area contributed by atoms with E-state index in [4.69, 9.17) is 14.2 Å². The van der Waals surface area contributed by atoms with Crippen molar-refractivity contribution in [3.8, 4) is 17.2 Å². The molecule has 6 heteroatoms. The lowest BCUT2D eigenvalue weighted by atomic mass is 9.89. The molecule has 1 saturated heterocycles.